The first-order valence-corrected chi connectivity index (χ1v) is 7.82. The van der Waals surface area contributed by atoms with Gasteiger partial charge in [0.15, 0.2) is 11.8 Å². The molecule has 6 N–H and O–H groups in total. The van der Waals surface area contributed by atoms with Crippen molar-refractivity contribution in [3.63, 3.8) is 0 Å². The van der Waals surface area contributed by atoms with Gasteiger partial charge < -0.3 is 30.9 Å². The second-order valence-corrected chi connectivity index (χ2v) is 5.65. The molecule has 0 bridgehead atoms. The van der Waals surface area contributed by atoms with Crippen molar-refractivity contribution in [3.8, 4) is 23.3 Å². The summed E-state index contributed by atoms with van der Waals surface area (Å²) in [6, 6.07) is 3.82. The van der Waals surface area contributed by atoms with Gasteiger partial charge in [-0.1, -0.05) is 6.07 Å². The van der Waals surface area contributed by atoms with Crippen LogP contribution in [0, 0.1) is 0 Å². The molecule has 0 spiro atoms. The molecule has 1 unspecified atom stereocenters. The van der Waals surface area contributed by atoms with E-state index in [0.717, 1.165) is 10.6 Å². The fraction of sp³-hybridized carbons (Fsp3) is 0.294. The molecule has 0 saturated heterocycles. The van der Waals surface area contributed by atoms with Crippen molar-refractivity contribution in [2.24, 2.45) is 5.73 Å². The van der Waals surface area contributed by atoms with Crippen LogP contribution in [0.15, 0.2) is 24.3 Å². The minimum atomic E-state index is -1.32. The van der Waals surface area contributed by atoms with Gasteiger partial charge >= 0.3 is 5.97 Å². The SMILES string of the molecule is CCOC(=O)C(CC(N)=O)n1c(O)cc(Cc2ccc(O)cc2O)c1O. The molecule has 9 heteroatoms. The highest BCUT2D eigenvalue weighted by Crippen LogP contribution is 2.36. The molecule has 0 saturated carbocycles. The van der Waals surface area contributed by atoms with Crippen LogP contribution in [0.25, 0.3) is 0 Å². The third-order valence-electron chi connectivity index (χ3n) is 3.78. The minimum Gasteiger partial charge on any atom is -0.508 e. The Kier molecular flexibility index (Phi) is 5.61. The average Bonchev–Trinajstić information content (AvgIpc) is 2.82. The van der Waals surface area contributed by atoms with Crippen molar-refractivity contribution in [2.45, 2.75) is 25.8 Å². The summed E-state index contributed by atoms with van der Waals surface area (Å²) < 4.78 is 5.73. The number of ether oxygens (including phenoxy) is 1. The van der Waals surface area contributed by atoms with E-state index < -0.39 is 36.1 Å². The van der Waals surface area contributed by atoms with Crippen molar-refractivity contribution in [2.75, 3.05) is 6.61 Å². The van der Waals surface area contributed by atoms with Crippen molar-refractivity contribution in [3.05, 3.63) is 35.4 Å². The van der Waals surface area contributed by atoms with Crippen LogP contribution >= 0.6 is 0 Å². The van der Waals surface area contributed by atoms with Crippen LogP contribution in [0.4, 0.5) is 0 Å². The lowest BCUT2D eigenvalue weighted by molar-refractivity contribution is -0.149. The standard InChI is InChI=1S/C17H20N2O7/c1-2-26-17(25)12(8-14(18)22)19-15(23)6-10(16(19)24)5-9-3-4-11(20)7-13(9)21/h3-4,6-7,12,20-21,23-24H,2,5,8H2,1H3,(H2,18,22). The Hall–Kier alpha value is -3.36. The van der Waals surface area contributed by atoms with E-state index in [9.17, 15) is 30.0 Å². The van der Waals surface area contributed by atoms with Gasteiger partial charge in [-0.2, -0.15) is 0 Å². The number of amides is 1. The fourth-order valence-corrected chi connectivity index (χ4v) is 2.61. The zero-order valence-electron chi connectivity index (χ0n) is 14.0. The van der Waals surface area contributed by atoms with E-state index in [1.807, 2.05) is 0 Å². The van der Waals surface area contributed by atoms with E-state index in [0.29, 0.717) is 5.56 Å². The van der Waals surface area contributed by atoms with Gasteiger partial charge in [0.25, 0.3) is 0 Å². The van der Waals surface area contributed by atoms with Gasteiger partial charge in [-0.15, -0.1) is 0 Å². The van der Waals surface area contributed by atoms with E-state index >= 15 is 0 Å². The van der Waals surface area contributed by atoms with Crippen LogP contribution in [-0.4, -0.2) is 43.5 Å². The summed E-state index contributed by atoms with van der Waals surface area (Å²) in [6.45, 7) is 1.62. The summed E-state index contributed by atoms with van der Waals surface area (Å²) in [5, 5.41) is 39.8. The molecular formula is C17H20N2O7. The summed E-state index contributed by atoms with van der Waals surface area (Å²) in [5.41, 5.74) is 5.72. The summed E-state index contributed by atoms with van der Waals surface area (Å²) in [5.74, 6) is -2.89. The maximum atomic E-state index is 12.1. The van der Waals surface area contributed by atoms with Crippen molar-refractivity contribution in [1.29, 1.82) is 0 Å². The molecular weight excluding hydrogens is 344 g/mol. The Morgan fingerprint density at radius 1 is 1.15 bits per heavy atom. The average molecular weight is 364 g/mol. The monoisotopic (exact) mass is 364 g/mol. The maximum absolute atomic E-state index is 12.1. The number of primary amides is 1. The summed E-state index contributed by atoms with van der Waals surface area (Å²) in [7, 11) is 0. The number of aromatic hydroxyl groups is 4. The number of carbonyl (C=O) groups is 2. The largest absolute Gasteiger partial charge is 0.508 e. The number of nitrogens with two attached hydrogens (primary N) is 1. The normalized spacial score (nSPS) is 11.9. The minimum absolute atomic E-state index is 0.00459. The highest BCUT2D eigenvalue weighted by molar-refractivity contribution is 5.83. The molecule has 2 rings (SSSR count). The number of carbonyl (C=O) groups excluding carboxylic acids is 2. The third-order valence-corrected chi connectivity index (χ3v) is 3.78. The third kappa shape index (κ3) is 4.00. The zero-order chi connectivity index (χ0) is 19.4. The second-order valence-electron chi connectivity index (χ2n) is 5.65. The molecule has 1 aromatic heterocycles. The van der Waals surface area contributed by atoms with Crippen molar-refractivity contribution in [1.82, 2.24) is 4.57 Å². The van der Waals surface area contributed by atoms with Crippen LogP contribution in [-0.2, 0) is 20.7 Å². The predicted octanol–water partition coefficient (Wildman–Crippen LogP) is 0.881. The highest BCUT2D eigenvalue weighted by Gasteiger charge is 2.30. The van der Waals surface area contributed by atoms with Crippen LogP contribution in [0.1, 0.15) is 30.5 Å². The first-order chi connectivity index (χ1) is 12.2. The number of aromatic nitrogens is 1. The quantitative estimate of drug-likeness (QED) is 0.457. The number of rotatable bonds is 7. The molecule has 1 heterocycles. The summed E-state index contributed by atoms with van der Waals surface area (Å²) in [4.78, 5) is 23.4. The molecule has 2 aromatic rings. The van der Waals surface area contributed by atoms with Gasteiger partial charge in [-0.3, -0.25) is 9.36 Å². The number of hydrogen-bond acceptors (Lipinski definition) is 7. The van der Waals surface area contributed by atoms with Crippen LogP contribution in [0.2, 0.25) is 0 Å². The molecule has 0 aliphatic heterocycles. The predicted molar refractivity (Wildman–Crippen MR) is 89.8 cm³/mol. The van der Waals surface area contributed by atoms with E-state index in [-0.39, 0.29) is 30.1 Å². The number of phenolic OH excluding ortho intramolecular Hbond substituents is 2. The number of hydrogen-bond donors (Lipinski definition) is 5. The lowest BCUT2D eigenvalue weighted by atomic mass is 10.1. The Morgan fingerprint density at radius 3 is 2.42 bits per heavy atom. The Bertz CT molecular complexity index is 829. The molecule has 0 aliphatic rings. The smallest absolute Gasteiger partial charge is 0.329 e. The molecule has 1 amide bonds. The van der Waals surface area contributed by atoms with Crippen molar-refractivity contribution >= 4 is 11.9 Å². The van der Waals surface area contributed by atoms with Gasteiger partial charge in [-0.05, 0) is 18.6 Å². The first-order valence-electron chi connectivity index (χ1n) is 7.82. The van der Waals surface area contributed by atoms with Crippen LogP contribution in [0.3, 0.4) is 0 Å². The van der Waals surface area contributed by atoms with Gasteiger partial charge in [0.1, 0.15) is 17.5 Å². The van der Waals surface area contributed by atoms with E-state index in [4.69, 9.17) is 10.5 Å². The van der Waals surface area contributed by atoms with Crippen LogP contribution < -0.4 is 5.73 Å². The zero-order valence-corrected chi connectivity index (χ0v) is 14.0. The molecule has 1 aromatic carbocycles. The molecule has 9 nitrogen and oxygen atoms in total. The number of esters is 1. The number of phenols is 2. The van der Waals surface area contributed by atoms with Gasteiger partial charge in [0.05, 0.1) is 13.0 Å². The lowest BCUT2D eigenvalue weighted by Gasteiger charge is -2.18. The Balaban J connectivity index is 2.41. The number of benzene rings is 1. The molecule has 0 fully saturated rings. The Labute approximate surface area is 148 Å². The molecule has 1 atom stereocenters. The lowest BCUT2D eigenvalue weighted by Crippen LogP contribution is -2.27. The fourth-order valence-electron chi connectivity index (χ4n) is 2.61. The van der Waals surface area contributed by atoms with E-state index in [2.05, 4.69) is 0 Å². The van der Waals surface area contributed by atoms with Crippen molar-refractivity contribution < 1.29 is 34.8 Å². The van der Waals surface area contributed by atoms with Gasteiger partial charge in [-0.25, -0.2) is 4.79 Å². The molecule has 140 valence electrons. The van der Waals surface area contributed by atoms with Gasteiger partial charge in [0, 0.05) is 24.1 Å². The number of nitrogens with zero attached hydrogens (tertiary/aromatic N) is 1. The van der Waals surface area contributed by atoms with Crippen LogP contribution in [0.5, 0.6) is 23.3 Å². The molecule has 0 radical (unpaired) electrons. The summed E-state index contributed by atoms with van der Waals surface area (Å²) >= 11 is 0. The second kappa shape index (κ2) is 7.68. The van der Waals surface area contributed by atoms with Gasteiger partial charge in [0.2, 0.25) is 5.91 Å². The molecule has 26 heavy (non-hydrogen) atoms. The van der Waals surface area contributed by atoms with E-state index in [1.165, 1.54) is 18.2 Å². The summed E-state index contributed by atoms with van der Waals surface area (Å²) in [6.07, 6.45) is -0.469. The highest BCUT2D eigenvalue weighted by atomic mass is 16.5. The maximum Gasteiger partial charge on any atom is 0.329 e. The molecule has 0 aliphatic carbocycles. The first kappa shape index (κ1) is 19.0. The Morgan fingerprint density at radius 2 is 1.85 bits per heavy atom. The topological polar surface area (TPSA) is 155 Å². The van der Waals surface area contributed by atoms with E-state index in [1.54, 1.807) is 6.92 Å².